The maximum absolute atomic E-state index is 11.8. The number of esters is 1. The van der Waals surface area contributed by atoms with Crippen LogP contribution in [0.2, 0.25) is 0 Å². The van der Waals surface area contributed by atoms with Crippen LogP contribution in [-0.4, -0.2) is 12.6 Å². The Balaban J connectivity index is 1.85. The summed E-state index contributed by atoms with van der Waals surface area (Å²) in [5, 5.41) is 3.56. The van der Waals surface area contributed by atoms with Gasteiger partial charge in [-0.15, -0.1) is 0 Å². The number of hydrogen-bond acceptors (Lipinski definition) is 3. The lowest BCUT2D eigenvalue weighted by molar-refractivity contribution is 0.0526. The van der Waals surface area contributed by atoms with Crippen LogP contribution in [0.25, 0.3) is 0 Å². The van der Waals surface area contributed by atoms with Crippen molar-refractivity contribution >= 4 is 11.7 Å². The Hall–Kier alpha value is -3.07. The van der Waals surface area contributed by atoms with Crippen LogP contribution in [0, 0.1) is 0 Å². The fourth-order valence-electron chi connectivity index (χ4n) is 2.73. The van der Waals surface area contributed by atoms with E-state index in [9.17, 15) is 4.79 Å². The molecule has 0 aliphatic heterocycles. The molecule has 1 N–H and O–H groups in total. The first-order valence-corrected chi connectivity index (χ1v) is 8.41. The predicted octanol–water partition coefficient (Wildman–Crippen LogP) is 5.06. The SMILES string of the molecule is CCOC(=O)c1ccc(NC(c2ccccc2)c2ccccc2)cc1. The van der Waals surface area contributed by atoms with Crippen LogP contribution < -0.4 is 5.32 Å². The van der Waals surface area contributed by atoms with Gasteiger partial charge in [0.05, 0.1) is 18.2 Å². The van der Waals surface area contributed by atoms with E-state index < -0.39 is 0 Å². The molecule has 0 unspecified atom stereocenters. The van der Waals surface area contributed by atoms with Crippen LogP contribution in [0.4, 0.5) is 5.69 Å². The van der Waals surface area contributed by atoms with Gasteiger partial charge in [0.15, 0.2) is 0 Å². The van der Waals surface area contributed by atoms with Gasteiger partial charge < -0.3 is 10.1 Å². The average molecular weight is 331 g/mol. The summed E-state index contributed by atoms with van der Waals surface area (Å²) >= 11 is 0. The van der Waals surface area contributed by atoms with Crippen molar-refractivity contribution < 1.29 is 9.53 Å². The highest BCUT2D eigenvalue weighted by atomic mass is 16.5. The highest BCUT2D eigenvalue weighted by Gasteiger charge is 2.14. The van der Waals surface area contributed by atoms with Gasteiger partial charge >= 0.3 is 5.97 Å². The van der Waals surface area contributed by atoms with Crippen molar-refractivity contribution in [3.05, 3.63) is 102 Å². The standard InChI is InChI=1S/C22H21NO2/c1-2-25-22(24)19-13-15-20(16-14-19)23-21(17-9-5-3-6-10-17)18-11-7-4-8-12-18/h3-16,21,23H,2H2,1H3. The van der Waals surface area contributed by atoms with Gasteiger partial charge in [-0.1, -0.05) is 60.7 Å². The molecule has 0 radical (unpaired) electrons. The highest BCUT2D eigenvalue weighted by molar-refractivity contribution is 5.89. The van der Waals surface area contributed by atoms with Crippen LogP contribution >= 0.6 is 0 Å². The first kappa shape index (κ1) is 16.8. The molecule has 0 heterocycles. The molecule has 0 spiro atoms. The molecular weight excluding hydrogens is 310 g/mol. The zero-order valence-electron chi connectivity index (χ0n) is 14.2. The van der Waals surface area contributed by atoms with Crippen LogP contribution in [-0.2, 0) is 4.74 Å². The Morgan fingerprint density at radius 3 is 1.84 bits per heavy atom. The summed E-state index contributed by atoms with van der Waals surface area (Å²) in [6.07, 6.45) is 0. The molecule has 0 aromatic heterocycles. The molecule has 0 fully saturated rings. The second-order valence-electron chi connectivity index (χ2n) is 5.70. The van der Waals surface area contributed by atoms with Gasteiger partial charge in [-0.25, -0.2) is 4.79 Å². The predicted molar refractivity (Wildman–Crippen MR) is 101 cm³/mol. The zero-order valence-corrected chi connectivity index (χ0v) is 14.2. The summed E-state index contributed by atoms with van der Waals surface area (Å²) in [6, 6.07) is 28.0. The smallest absolute Gasteiger partial charge is 0.338 e. The van der Waals surface area contributed by atoms with E-state index in [4.69, 9.17) is 4.74 Å². The lowest BCUT2D eigenvalue weighted by Gasteiger charge is -2.21. The second-order valence-corrected chi connectivity index (χ2v) is 5.70. The van der Waals surface area contributed by atoms with Crippen molar-refractivity contribution in [1.82, 2.24) is 0 Å². The molecule has 3 aromatic rings. The quantitative estimate of drug-likeness (QED) is 0.641. The molecule has 0 saturated heterocycles. The summed E-state index contributed by atoms with van der Waals surface area (Å²) in [7, 11) is 0. The normalized spacial score (nSPS) is 10.5. The first-order chi connectivity index (χ1) is 12.3. The summed E-state index contributed by atoms with van der Waals surface area (Å²) in [5.41, 5.74) is 3.88. The molecule has 25 heavy (non-hydrogen) atoms. The van der Waals surface area contributed by atoms with Gasteiger partial charge in [0.2, 0.25) is 0 Å². The molecule has 0 saturated carbocycles. The molecule has 126 valence electrons. The van der Waals surface area contributed by atoms with E-state index in [0.29, 0.717) is 12.2 Å². The monoisotopic (exact) mass is 331 g/mol. The van der Waals surface area contributed by atoms with Gasteiger partial charge in [0, 0.05) is 5.69 Å². The summed E-state index contributed by atoms with van der Waals surface area (Å²) in [4.78, 5) is 11.8. The minimum Gasteiger partial charge on any atom is -0.462 e. The van der Waals surface area contributed by atoms with Crippen molar-refractivity contribution in [2.45, 2.75) is 13.0 Å². The molecule has 0 atom stereocenters. The van der Waals surface area contributed by atoms with Crippen LogP contribution in [0.1, 0.15) is 34.5 Å². The van der Waals surface area contributed by atoms with E-state index in [2.05, 4.69) is 29.6 Å². The van der Waals surface area contributed by atoms with E-state index in [1.165, 1.54) is 11.1 Å². The molecule has 0 amide bonds. The maximum Gasteiger partial charge on any atom is 0.338 e. The fraction of sp³-hybridized carbons (Fsp3) is 0.136. The van der Waals surface area contributed by atoms with Gasteiger partial charge in [-0.2, -0.15) is 0 Å². The van der Waals surface area contributed by atoms with E-state index in [1.807, 2.05) is 48.5 Å². The topological polar surface area (TPSA) is 38.3 Å². The van der Waals surface area contributed by atoms with Gasteiger partial charge in [0.25, 0.3) is 0 Å². The zero-order chi connectivity index (χ0) is 17.5. The molecule has 3 rings (SSSR count). The Morgan fingerprint density at radius 1 is 0.840 bits per heavy atom. The van der Waals surface area contributed by atoms with Crippen LogP contribution in [0.5, 0.6) is 0 Å². The first-order valence-electron chi connectivity index (χ1n) is 8.41. The minimum atomic E-state index is -0.295. The Bertz CT molecular complexity index is 759. The lowest BCUT2D eigenvalue weighted by Crippen LogP contribution is -2.12. The Kier molecular flexibility index (Phi) is 5.47. The number of benzene rings is 3. The Morgan fingerprint density at radius 2 is 1.36 bits per heavy atom. The summed E-state index contributed by atoms with van der Waals surface area (Å²) in [6.45, 7) is 2.18. The number of anilines is 1. The Labute approximate surface area is 148 Å². The van der Waals surface area contributed by atoms with Crippen LogP contribution in [0.15, 0.2) is 84.9 Å². The van der Waals surface area contributed by atoms with E-state index in [0.717, 1.165) is 5.69 Å². The van der Waals surface area contributed by atoms with Gasteiger partial charge in [0.1, 0.15) is 0 Å². The van der Waals surface area contributed by atoms with Gasteiger partial charge in [-0.05, 0) is 42.3 Å². The molecule has 0 aliphatic rings. The van der Waals surface area contributed by atoms with Crippen molar-refractivity contribution in [2.75, 3.05) is 11.9 Å². The third-order valence-electron chi connectivity index (χ3n) is 3.97. The van der Waals surface area contributed by atoms with Crippen LogP contribution in [0.3, 0.4) is 0 Å². The highest BCUT2D eigenvalue weighted by Crippen LogP contribution is 2.26. The second kappa shape index (κ2) is 8.15. The van der Waals surface area contributed by atoms with Crippen molar-refractivity contribution in [1.29, 1.82) is 0 Å². The molecule has 3 heteroatoms. The number of ether oxygens (including phenoxy) is 1. The number of nitrogens with one attached hydrogen (secondary N) is 1. The average Bonchev–Trinajstić information content (AvgIpc) is 2.68. The number of carbonyl (C=O) groups is 1. The summed E-state index contributed by atoms with van der Waals surface area (Å²) < 4.78 is 5.03. The maximum atomic E-state index is 11.8. The third-order valence-corrected chi connectivity index (χ3v) is 3.97. The molecule has 3 aromatic carbocycles. The lowest BCUT2D eigenvalue weighted by atomic mass is 9.98. The number of hydrogen-bond donors (Lipinski definition) is 1. The largest absolute Gasteiger partial charge is 0.462 e. The van der Waals surface area contributed by atoms with Crippen molar-refractivity contribution in [3.8, 4) is 0 Å². The minimum absolute atomic E-state index is 0.0378. The molecule has 0 aliphatic carbocycles. The third kappa shape index (κ3) is 4.27. The van der Waals surface area contributed by atoms with Crippen molar-refractivity contribution in [2.24, 2.45) is 0 Å². The molecular formula is C22H21NO2. The summed E-state index contributed by atoms with van der Waals surface area (Å²) in [5.74, 6) is -0.295. The fourth-order valence-corrected chi connectivity index (χ4v) is 2.73. The van der Waals surface area contributed by atoms with Gasteiger partial charge in [-0.3, -0.25) is 0 Å². The molecule has 3 nitrogen and oxygen atoms in total. The van der Waals surface area contributed by atoms with Crippen molar-refractivity contribution in [3.63, 3.8) is 0 Å². The van der Waals surface area contributed by atoms with E-state index in [1.54, 1.807) is 19.1 Å². The van der Waals surface area contributed by atoms with E-state index >= 15 is 0 Å². The van der Waals surface area contributed by atoms with E-state index in [-0.39, 0.29) is 12.0 Å². The number of carbonyl (C=O) groups excluding carboxylic acids is 1. The molecule has 0 bridgehead atoms. The number of rotatable bonds is 6.